The average molecular weight is 173 g/mol. The smallest absolute Gasteiger partial charge is 0.310 e. The van der Waals surface area contributed by atoms with Crippen molar-refractivity contribution in [2.45, 2.75) is 12.5 Å². The van der Waals surface area contributed by atoms with Gasteiger partial charge in [-0.1, -0.05) is 0 Å². The van der Waals surface area contributed by atoms with Gasteiger partial charge in [-0.15, -0.1) is 0 Å². The maximum absolute atomic E-state index is 11.2. The number of hydrogen-bond donors (Lipinski definition) is 1. The number of likely N-dealkylation sites (N-methyl/N-ethyl adjacent to an activating group) is 1. The second-order valence-corrected chi connectivity index (χ2v) is 2.89. The predicted octanol–water partition coefficient (Wildman–Crippen LogP) is -0.216. The van der Waals surface area contributed by atoms with Crippen LogP contribution in [0.4, 0.5) is 0 Å². The molecule has 1 fully saturated rings. The minimum Gasteiger partial charge on any atom is -0.469 e. The molecule has 0 spiro atoms. The molecule has 0 saturated carbocycles. The van der Waals surface area contributed by atoms with Crippen LogP contribution in [0.3, 0.4) is 0 Å². The van der Waals surface area contributed by atoms with E-state index in [0.717, 1.165) is 6.42 Å². The van der Waals surface area contributed by atoms with Gasteiger partial charge in [-0.2, -0.15) is 0 Å². The van der Waals surface area contributed by atoms with Crippen molar-refractivity contribution in [1.82, 2.24) is 5.32 Å². The Hall–Kier alpha value is -0.610. The van der Waals surface area contributed by atoms with E-state index in [1.165, 1.54) is 7.11 Å². The van der Waals surface area contributed by atoms with Gasteiger partial charge >= 0.3 is 5.97 Å². The first-order valence-electron chi connectivity index (χ1n) is 4.12. The van der Waals surface area contributed by atoms with Gasteiger partial charge in [0, 0.05) is 12.6 Å². The largest absolute Gasteiger partial charge is 0.469 e. The fourth-order valence-corrected chi connectivity index (χ4v) is 1.46. The van der Waals surface area contributed by atoms with Crippen LogP contribution in [0.2, 0.25) is 0 Å². The molecule has 1 rings (SSSR count). The number of rotatable bonds is 2. The summed E-state index contributed by atoms with van der Waals surface area (Å²) in [7, 11) is 3.25. The standard InChI is InChI=1S/C8H15NO3/c1-9-7-5-12-4-3-6(7)8(10)11-2/h6-7,9H,3-5H2,1-2H3. The molecule has 0 aromatic carbocycles. The Balaban J connectivity index is 2.52. The topological polar surface area (TPSA) is 47.6 Å². The lowest BCUT2D eigenvalue weighted by molar-refractivity contribution is -0.150. The van der Waals surface area contributed by atoms with Crippen LogP contribution in [-0.4, -0.2) is 39.4 Å². The summed E-state index contributed by atoms with van der Waals surface area (Å²) in [5.74, 6) is -0.189. The Labute approximate surface area is 72.2 Å². The fourth-order valence-electron chi connectivity index (χ4n) is 1.46. The number of ether oxygens (including phenoxy) is 2. The molecular formula is C8H15NO3. The molecule has 1 heterocycles. The van der Waals surface area contributed by atoms with E-state index in [1.54, 1.807) is 0 Å². The minimum atomic E-state index is -0.141. The molecule has 0 aliphatic carbocycles. The summed E-state index contributed by atoms with van der Waals surface area (Å²) in [6.45, 7) is 1.24. The van der Waals surface area contributed by atoms with E-state index in [1.807, 2.05) is 7.05 Å². The van der Waals surface area contributed by atoms with Gasteiger partial charge in [0.15, 0.2) is 0 Å². The predicted molar refractivity (Wildman–Crippen MR) is 43.8 cm³/mol. The van der Waals surface area contributed by atoms with Crippen molar-refractivity contribution in [3.05, 3.63) is 0 Å². The molecule has 1 N–H and O–H groups in total. The van der Waals surface area contributed by atoms with Gasteiger partial charge in [-0.05, 0) is 13.5 Å². The minimum absolute atomic E-state index is 0.0475. The van der Waals surface area contributed by atoms with Gasteiger partial charge in [0.2, 0.25) is 0 Å². The molecule has 0 aromatic rings. The van der Waals surface area contributed by atoms with E-state index in [0.29, 0.717) is 13.2 Å². The molecule has 1 aliphatic heterocycles. The Kier molecular flexibility index (Phi) is 3.49. The SMILES string of the molecule is CNC1COCCC1C(=O)OC. The summed E-state index contributed by atoms with van der Waals surface area (Å²) in [4.78, 5) is 11.2. The van der Waals surface area contributed by atoms with Crippen LogP contribution >= 0.6 is 0 Å². The Bertz CT molecular complexity index is 160. The van der Waals surface area contributed by atoms with Crippen molar-refractivity contribution in [2.75, 3.05) is 27.4 Å². The summed E-state index contributed by atoms with van der Waals surface area (Å²) >= 11 is 0. The van der Waals surface area contributed by atoms with Crippen LogP contribution in [0, 0.1) is 5.92 Å². The van der Waals surface area contributed by atoms with Crippen LogP contribution < -0.4 is 5.32 Å². The number of methoxy groups -OCH3 is 1. The van der Waals surface area contributed by atoms with Gasteiger partial charge in [0.1, 0.15) is 0 Å². The van der Waals surface area contributed by atoms with Crippen LogP contribution in [0.5, 0.6) is 0 Å². The molecule has 1 saturated heterocycles. The Morgan fingerprint density at radius 1 is 1.67 bits per heavy atom. The lowest BCUT2D eigenvalue weighted by Crippen LogP contribution is -2.45. The monoisotopic (exact) mass is 173 g/mol. The molecule has 0 bridgehead atoms. The van der Waals surface area contributed by atoms with Crippen molar-refractivity contribution in [3.63, 3.8) is 0 Å². The van der Waals surface area contributed by atoms with Crippen molar-refractivity contribution in [2.24, 2.45) is 5.92 Å². The molecule has 2 atom stereocenters. The van der Waals surface area contributed by atoms with E-state index in [4.69, 9.17) is 4.74 Å². The van der Waals surface area contributed by atoms with Crippen molar-refractivity contribution in [1.29, 1.82) is 0 Å². The Morgan fingerprint density at radius 3 is 3.00 bits per heavy atom. The highest BCUT2D eigenvalue weighted by Gasteiger charge is 2.30. The Morgan fingerprint density at radius 2 is 2.42 bits per heavy atom. The molecule has 0 amide bonds. The summed E-state index contributed by atoms with van der Waals surface area (Å²) < 4.78 is 9.91. The highest BCUT2D eigenvalue weighted by Crippen LogP contribution is 2.16. The van der Waals surface area contributed by atoms with E-state index in [-0.39, 0.29) is 17.9 Å². The van der Waals surface area contributed by atoms with E-state index in [2.05, 4.69) is 10.1 Å². The lowest BCUT2D eigenvalue weighted by Gasteiger charge is -2.28. The molecule has 4 heteroatoms. The van der Waals surface area contributed by atoms with Gasteiger partial charge < -0.3 is 14.8 Å². The first-order valence-corrected chi connectivity index (χ1v) is 4.12. The third-order valence-corrected chi connectivity index (χ3v) is 2.23. The molecule has 70 valence electrons. The maximum atomic E-state index is 11.2. The van der Waals surface area contributed by atoms with Crippen molar-refractivity contribution < 1.29 is 14.3 Å². The lowest BCUT2D eigenvalue weighted by atomic mass is 9.95. The zero-order chi connectivity index (χ0) is 8.97. The van der Waals surface area contributed by atoms with E-state index < -0.39 is 0 Å². The van der Waals surface area contributed by atoms with Gasteiger partial charge in [0.25, 0.3) is 0 Å². The maximum Gasteiger partial charge on any atom is 0.310 e. The molecule has 12 heavy (non-hydrogen) atoms. The summed E-state index contributed by atoms with van der Waals surface area (Å²) in [6, 6.07) is 0.103. The quantitative estimate of drug-likeness (QED) is 0.587. The zero-order valence-corrected chi connectivity index (χ0v) is 7.50. The van der Waals surface area contributed by atoms with Crippen LogP contribution in [0.1, 0.15) is 6.42 Å². The number of carbonyl (C=O) groups excluding carboxylic acids is 1. The number of nitrogens with one attached hydrogen (secondary N) is 1. The fraction of sp³-hybridized carbons (Fsp3) is 0.875. The van der Waals surface area contributed by atoms with E-state index >= 15 is 0 Å². The highest BCUT2D eigenvalue weighted by molar-refractivity contribution is 5.73. The molecule has 2 unspecified atom stereocenters. The molecule has 0 radical (unpaired) electrons. The van der Waals surface area contributed by atoms with Crippen LogP contribution in [0.25, 0.3) is 0 Å². The molecule has 1 aliphatic rings. The summed E-state index contributed by atoms with van der Waals surface area (Å²) in [6.07, 6.45) is 0.748. The van der Waals surface area contributed by atoms with Gasteiger partial charge in [-0.3, -0.25) is 4.79 Å². The second kappa shape index (κ2) is 4.42. The summed E-state index contributed by atoms with van der Waals surface area (Å²) in [5, 5.41) is 3.04. The van der Waals surface area contributed by atoms with Gasteiger partial charge in [-0.25, -0.2) is 0 Å². The molecule has 4 nitrogen and oxygen atoms in total. The van der Waals surface area contributed by atoms with Crippen LogP contribution in [0.15, 0.2) is 0 Å². The second-order valence-electron chi connectivity index (χ2n) is 2.89. The number of carbonyl (C=O) groups is 1. The first-order chi connectivity index (χ1) is 5.79. The third kappa shape index (κ3) is 1.95. The van der Waals surface area contributed by atoms with Crippen molar-refractivity contribution in [3.8, 4) is 0 Å². The number of hydrogen-bond acceptors (Lipinski definition) is 4. The molecule has 0 aromatic heterocycles. The average Bonchev–Trinajstić information content (AvgIpc) is 2.16. The number of esters is 1. The van der Waals surface area contributed by atoms with Crippen molar-refractivity contribution >= 4 is 5.97 Å². The van der Waals surface area contributed by atoms with E-state index in [9.17, 15) is 4.79 Å². The highest BCUT2D eigenvalue weighted by atomic mass is 16.5. The third-order valence-electron chi connectivity index (χ3n) is 2.23. The zero-order valence-electron chi connectivity index (χ0n) is 7.50. The normalized spacial score (nSPS) is 29.8. The summed E-state index contributed by atoms with van der Waals surface area (Å²) in [5.41, 5.74) is 0. The molecular weight excluding hydrogens is 158 g/mol. The van der Waals surface area contributed by atoms with Gasteiger partial charge in [0.05, 0.1) is 19.6 Å². The van der Waals surface area contributed by atoms with Crippen LogP contribution in [-0.2, 0) is 14.3 Å². The first kappa shape index (κ1) is 9.48.